The molecule has 0 radical (unpaired) electrons. The van der Waals surface area contributed by atoms with Crippen molar-refractivity contribution in [3.63, 3.8) is 0 Å². The largest absolute Gasteiger partial charge is 0.479 e. The Balaban J connectivity index is 2.37. The van der Waals surface area contributed by atoms with Gasteiger partial charge in [-0.25, -0.2) is 14.6 Å². The summed E-state index contributed by atoms with van der Waals surface area (Å²) in [7, 11) is -5.13. The van der Waals surface area contributed by atoms with Gasteiger partial charge in [0.1, 0.15) is 6.61 Å². The topological polar surface area (TPSA) is 201 Å². The summed E-state index contributed by atoms with van der Waals surface area (Å²) in [6.07, 6.45) is -2.24. The molecule has 0 aliphatic heterocycles. The number of esters is 1. The molecule has 0 heterocycles. The molecule has 0 saturated heterocycles. The van der Waals surface area contributed by atoms with Gasteiger partial charge < -0.3 is 31.9 Å². The summed E-state index contributed by atoms with van der Waals surface area (Å²) >= 11 is 0. The molecule has 3 atom stereocenters. The minimum absolute atomic E-state index is 0.0335. The SMILES string of the molecule is CC(C)CC(N)(C(=O)OCc1ccccc1)P(=O)(O)OC(C(=O)O)c1cccc(N=C(N)N)c1. The zero-order chi connectivity index (χ0) is 25.5. The van der Waals surface area contributed by atoms with Gasteiger partial charge in [-0.15, -0.1) is 0 Å². The van der Waals surface area contributed by atoms with E-state index in [1.807, 2.05) is 0 Å². The fourth-order valence-corrected chi connectivity index (χ4v) is 4.75. The number of aliphatic carboxylic acids is 1. The average molecular weight is 492 g/mol. The van der Waals surface area contributed by atoms with Crippen molar-refractivity contribution >= 4 is 31.2 Å². The molecule has 0 bridgehead atoms. The maximum absolute atomic E-state index is 13.4. The Labute approximate surface area is 197 Å². The van der Waals surface area contributed by atoms with Gasteiger partial charge in [0.05, 0.1) is 5.69 Å². The van der Waals surface area contributed by atoms with Crippen molar-refractivity contribution in [3.05, 3.63) is 65.7 Å². The van der Waals surface area contributed by atoms with Crippen molar-refractivity contribution in [3.8, 4) is 0 Å². The molecule has 0 aliphatic rings. The highest BCUT2D eigenvalue weighted by atomic mass is 31.2. The summed E-state index contributed by atoms with van der Waals surface area (Å²) in [5.41, 5.74) is 17.6. The fraction of sp³-hybridized carbons (Fsp3) is 0.318. The summed E-state index contributed by atoms with van der Waals surface area (Å²) in [4.78, 5) is 39.5. The third kappa shape index (κ3) is 6.88. The molecular weight excluding hydrogens is 463 g/mol. The molecule has 11 nitrogen and oxygen atoms in total. The van der Waals surface area contributed by atoms with Gasteiger partial charge in [-0.05, 0) is 35.6 Å². The first kappa shape index (κ1) is 27.0. The molecule has 0 spiro atoms. The maximum Gasteiger partial charge on any atom is 0.360 e. The number of guanidine groups is 1. The van der Waals surface area contributed by atoms with Crippen LogP contribution < -0.4 is 17.2 Å². The minimum atomic E-state index is -5.13. The van der Waals surface area contributed by atoms with E-state index in [0.717, 1.165) is 0 Å². The van der Waals surface area contributed by atoms with Crippen LogP contribution in [0.3, 0.4) is 0 Å². The van der Waals surface area contributed by atoms with E-state index < -0.39 is 30.9 Å². The Morgan fingerprint density at radius 3 is 2.32 bits per heavy atom. The lowest BCUT2D eigenvalue weighted by Gasteiger charge is -2.33. The first-order valence-corrected chi connectivity index (χ1v) is 11.9. The van der Waals surface area contributed by atoms with Gasteiger partial charge >= 0.3 is 19.5 Å². The second-order valence-corrected chi connectivity index (χ2v) is 10.1. The first-order chi connectivity index (χ1) is 15.9. The van der Waals surface area contributed by atoms with Crippen molar-refractivity contribution in [2.45, 2.75) is 38.3 Å². The van der Waals surface area contributed by atoms with E-state index in [0.29, 0.717) is 5.56 Å². The first-order valence-electron chi connectivity index (χ1n) is 10.3. The van der Waals surface area contributed by atoms with Crippen LogP contribution in [0.25, 0.3) is 0 Å². The van der Waals surface area contributed by atoms with E-state index >= 15 is 0 Å². The Bertz CT molecular complexity index is 1090. The van der Waals surface area contributed by atoms with Crippen molar-refractivity contribution in [1.29, 1.82) is 0 Å². The minimum Gasteiger partial charge on any atom is -0.479 e. The Kier molecular flexibility index (Phi) is 8.94. The van der Waals surface area contributed by atoms with Crippen LogP contribution in [0.2, 0.25) is 0 Å². The number of aliphatic imine (C=N–C) groups is 1. The molecule has 0 aliphatic carbocycles. The second kappa shape index (κ2) is 11.3. The third-order valence-electron chi connectivity index (χ3n) is 4.69. The number of rotatable bonds is 11. The van der Waals surface area contributed by atoms with E-state index in [9.17, 15) is 24.2 Å². The highest BCUT2D eigenvalue weighted by Crippen LogP contribution is 2.58. The molecule has 0 aromatic heterocycles. The molecule has 34 heavy (non-hydrogen) atoms. The zero-order valence-electron chi connectivity index (χ0n) is 18.8. The number of nitrogens with two attached hydrogens (primary N) is 3. The number of hydrogen-bond donors (Lipinski definition) is 5. The molecule has 8 N–H and O–H groups in total. The average Bonchev–Trinajstić information content (AvgIpc) is 2.75. The van der Waals surface area contributed by atoms with E-state index in [1.54, 1.807) is 44.2 Å². The molecular formula is C22H29N4O7P. The summed E-state index contributed by atoms with van der Waals surface area (Å²) in [6, 6.07) is 14.2. The molecule has 0 fully saturated rings. The van der Waals surface area contributed by atoms with Gasteiger partial charge in [0, 0.05) is 0 Å². The summed E-state index contributed by atoms with van der Waals surface area (Å²) < 4.78 is 23.7. The van der Waals surface area contributed by atoms with Gasteiger partial charge in [0.15, 0.2) is 12.1 Å². The van der Waals surface area contributed by atoms with Gasteiger partial charge in [-0.1, -0.05) is 56.3 Å². The number of carboxylic acid groups (broad SMARTS) is 1. The van der Waals surface area contributed by atoms with Gasteiger partial charge in [0.2, 0.25) is 5.28 Å². The molecule has 2 aromatic carbocycles. The van der Waals surface area contributed by atoms with Crippen LogP contribution in [0.1, 0.15) is 37.5 Å². The van der Waals surface area contributed by atoms with Crippen LogP contribution in [0.5, 0.6) is 0 Å². The Hall–Kier alpha value is -3.24. The Morgan fingerprint density at radius 1 is 1.12 bits per heavy atom. The normalized spacial score (nSPS) is 15.6. The number of hydrogen-bond acceptors (Lipinski definition) is 7. The van der Waals surface area contributed by atoms with E-state index in [1.165, 1.54) is 24.3 Å². The van der Waals surface area contributed by atoms with Crippen molar-refractivity contribution in [1.82, 2.24) is 0 Å². The Morgan fingerprint density at radius 2 is 1.76 bits per heavy atom. The standard InChI is InChI=1S/C22H29N4O7P/c1-14(2)12-22(25,20(29)32-13-15-7-4-3-5-8-15)34(30,31)33-18(19(27)28)16-9-6-10-17(11-16)26-21(23)24/h3-11,14,18H,12-13,25H2,1-2H3,(H,27,28)(H,30,31)(H4,23,24,26). The molecule has 2 rings (SSSR count). The third-order valence-corrected chi connectivity index (χ3v) is 6.56. The molecule has 0 saturated carbocycles. The summed E-state index contributed by atoms with van der Waals surface area (Å²) in [5.74, 6) is -3.36. The second-order valence-electron chi connectivity index (χ2n) is 8.06. The smallest absolute Gasteiger partial charge is 0.360 e. The fourth-order valence-electron chi connectivity index (χ4n) is 3.18. The number of carbonyl (C=O) groups excluding carboxylic acids is 1. The van der Waals surface area contributed by atoms with E-state index in [2.05, 4.69) is 4.99 Å². The monoisotopic (exact) mass is 492 g/mol. The van der Waals surface area contributed by atoms with Crippen LogP contribution in [0.15, 0.2) is 59.6 Å². The lowest BCUT2D eigenvalue weighted by Crippen LogP contribution is -2.50. The number of nitrogens with zero attached hydrogens (tertiary/aromatic N) is 1. The molecule has 12 heteroatoms. The summed E-state index contributed by atoms with van der Waals surface area (Å²) in [5, 5.41) is 7.19. The van der Waals surface area contributed by atoms with Crippen molar-refractivity contribution in [2.75, 3.05) is 0 Å². The van der Waals surface area contributed by atoms with Gasteiger partial charge in [-0.2, -0.15) is 0 Å². The maximum atomic E-state index is 13.4. The van der Waals surface area contributed by atoms with Crippen LogP contribution in [0, 0.1) is 5.92 Å². The van der Waals surface area contributed by atoms with Crippen LogP contribution in [0.4, 0.5) is 5.69 Å². The lowest BCUT2D eigenvalue weighted by molar-refractivity contribution is -0.151. The molecule has 3 unspecified atom stereocenters. The van der Waals surface area contributed by atoms with Crippen molar-refractivity contribution < 1.29 is 33.4 Å². The van der Waals surface area contributed by atoms with Crippen LogP contribution in [-0.2, 0) is 30.0 Å². The van der Waals surface area contributed by atoms with Crippen molar-refractivity contribution in [2.24, 2.45) is 28.1 Å². The van der Waals surface area contributed by atoms with Gasteiger partial charge in [-0.3, -0.25) is 9.09 Å². The van der Waals surface area contributed by atoms with E-state index in [-0.39, 0.29) is 36.2 Å². The quantitative estimate of drug-likeness (QED) is 0.134. The lowest BCUT2D eigenvalue weighted by atomic mass is 10.0. The van der Waals surface area contributed by atoms with Gasteiger partial charge in [0.25, 0.3) is 0 Å². The molecule has 2 aromatic rings. The number of carbonyl (C=O) groups is 2. The number of carboxylic acids is 1. The highest BCUT2D eigenvalue weighted by Gasteiger charge is 2.55. The molecule has 184 valence electrons. The predicted molar refractivity (Wildman–Crippen MR) is 126 cm³/mol. The van der Waals surface area contributed by atoms with Crippen LogP contribution >= 0.6 is 7.60 Å². The summed E-state index contributed by atoms with van der Waals surface area (Å²) in [6.45, 7) is 3.17. The highest BCUT2D eigenvalue weighted by molar-refractivity contribution is 7.55. The predicted octanol–water partition coefficient (Wildman–Crippen LogP) is 2.36. The number of ether oxygens (including phenoxy) is 1. The zero-order valence-corrected chi connectivity index (χ0v) is 19.7. The number of benzene rings is 2. The van der Waals surface area contributed by atoms with Crippen LogP contribution in [-0.4, -0.2) is 33.2 Å². The van der Waals surface area contributed by atoms with E-state index in [4.69, 9.17) is 26.5 Å². The molecule has 0 amide bonds.